The summed E-state index contributed by atoms with van der Waals surface area (Å²) in [4.78, 5) is 0. The Balaban J connectivity index is 0. The monoisotopic (exact) mass is 374 g/mol. The van der Waals surface area contributed by atoms with Crippen LogP contribution in [-0.4, -0.2) is 39.5 Å². The van der Waals surface area contributed by atoms with E-state index in [1.54, 1.807) is 7.11 Å². The predicted octanol–water partition coefficient (Wildman–Crippen LogP) is 6.35. The molecule has 0 fully saturated rings. The summed E-state index contributed by atoms with van der Waals surface area (Å²) in [5.41, 5.74) is 0. The second kappa shape index (κ2) is 20.9. The van der Waals surface area contributed by atoms with E-state index >= 15 is 0 Å². The second-order valence-electron chi connectivity index (χ2n) is 6.31. The van der Waals surface area contributed by atoms with Gasteiger partial charge in [0.25, 0.3) is 5.97 Å². The normalized spacial score (nSPS) is 12.4. The highest BCUT2D eigenvalue weighted by Crippen LogP contribution is 2.31. The summed E-state index contributed by atoms with van der Waals surface area (Å²) >= 11 is 0. The van der Waals surface area contributed by atoms with Crippen molar-refractivity contribution >= 4 is 0 Å². The molecule has 0 N–H and O–H groups in total. The maximum atomic E-state index is 5.90. The van der Waals surface area contributed by atoms with E-state index in [1.165, 1.54) is 32.1 Å². The van der Waals surface area contributed by atoms with Crippen LogP contribution in [0.5, 0.6) is 0 Å². The molecule has 158 valence electrons. The van der Waals surface area contributed by atoms with E-state index in [0.29, 0.717) is 26.4 Å². The Labute approximate surface area is 163 Å². The third-order valence-electron chi connectivity index (χ3n) is 4.10. The Bertz CT molecular complexity index is 264. The number of rotatable bonds is 17. The molecule has 0 amide bonds. The second-order valence-corrected chi connectivity index (χ2v) is 6.31. The van der Waals surface area contributed by atoms with E-state index in [4.69, 9.17) is 18.9 Å². The van der Waals surface area contributed by atoms with Gasteiger partial charge >= 0.3 is 0 Å². The van der Waals surface area contributed by atoms with Gasteiger partial charge in [0.05, 0.1) is 12.5 Å². The van der Waals surface area contributed by atoms with Crippen LogP contribution in [0.1, 0.15) is 86.0 Å². The van der Waals surface area contributed by atoms with Crippen molar-refractivity contribution in [1.82, 2.24) is 0 Å². The third kappa shape index (κ3) is 13.7. The molecule has 0 heterocycles. The fraction of sp³-hybridized carbons (Fsp3) is 0.909. The summed E-state index contributed by atoms with van der Waals surface area (Å²) in [5.74, 6) is -0.860. The Kier molecular flexibility index (Phi) is 22.3. The van der Waals surface area contributed by atoms with Crippen molar-refractivity contribution in [1.29, 1.82) is 0 Å². The van der Waals surface area contributed by atoms with Gasteiger partial charge in [0.2, 0.25) is 0 Å². The van der Waals surface area contributed by atoms with Crippen LogP contribution in [0.15, 0.2) is 12.7 Å². The molecule has 0 aromatic carbocycles. The Morgan fingerprint density at radius 3 is 1.65 bits per heavy atom. The zero-order valence-electron chi connectivity index (χ0n) is 18.5. The quantitative estimate of drug-likeness (QED) is 0.169. The topological polar surface area (TPSA) is 36.9 Å². The molecule has 1 unspecified atom stereocenters. The van der Waals surface area contributed by atoms with Crippen molar-refractivity contribution in [2.45, 2.75) is 92.0 Å². The fourth-order valence-electron chi connectivity index (χ4n) is 2.82. The van der Waals surface area contributed by atoms with Gasteiger partial charge in [-0.1, -0.05) is 58.4 Å². The molecular weight excluding hydrogens is 328 g/mol. The van der Waals surface area contributed by atoms with Gasteiger partial charge in [0, 0.05) is 26.9 Å². The average molecular weight is 375 g/mol. The van der Waals surface area contributed by atoms with Gasteiger partial charge in [-0.25, -0.2) is 0 Å². The largest absolute Gasteiger partial charge is 0.384 e. The first-order valence-corrected chi connectivity index (χ1v) is 10.6. The maximum Gasteiger partial charge on any atom is 0.288 e. The highest BCUT2D eigenvalue weighted by atomic mass is 16.9. The number of methoxy groups -OCH3 is 1. The number of unbranched alkanes of at least 4 members (excludes halogenated alkanes) is 5. The zero-order chi connectivity index (χ0) is 20.1. The van der Waals surface area contributed by atoms with Crippen LogP contribution in [0.3, 0.4) is 0 Å². The lowest BCUT2D eigenvalue weighted by Gasteiger charge is -2.38. The molecule has 1 atom stereocenters. The molecule has 0 saturated heterocycles. The third-order valence-corrected chi connectivity index (χ3v) is 4.10. The van der Waals surface area contributed by atoms with Gasteiger partial charge in [-0.2, -0.15) is 0 Å². The number of ether oxygens (including phenoxy) is 4. The van der Waals surface area contributed by atoms with E-state index in [9.17, 15) is 0 Å². The number of allylic oxidation sites excluding steroid dienone is 1. The van der Waals surface area contributed by atoms with Crippen molar-refractivity contribution in [2.24, 2.45) is 5.92 Å². The van der Waals surface area contributed by atoms with Crippen molar-refractivity contribution in [3.05, 3.63) is 12.7 Å². The van der Waals surface area contributed by atoms with Crippen LogP contribution in [-0.2, 0) is 18.9 Å². The molecule has 0 saturated carbocycles. The summed E-state index contributed by atoms with van der Waals surface area (Å²) in [7, 11) is 1.73. The molecule has 4 heteroatoms. The SMILES string of the molecule is C=CCC.CCCCCCCCC(COC)C(OCC)(OCC)OCC. The molecule has 0 aromatic heterocycles. The highest BCUT2D eigenvalue weighted by Gasteiger charge is 2.41. The zero-order valence-corrected chi connectivity index (χ0v) is 18.5. The molecule has 0 bridgehead atoms. The molecule has 26 heavy (non-hydrogen) atoms. The molecule has 0 aliphatic rings. The standard InChI is InChI=1S/C18H38O4.C4H8/c1-6-10-11-12-13-14-15-17(16-19-5)18(20-7-2,21-8-3)22-9-4;1-3-4-2/h17H,6-16H2,1-5H3;3H,1,4H2,2H3. The van der Waals surface area contributed by atoms with Gasteiger partial charge in [0.15, 0.2) is 0 Å². The van der Waals surface area contributed by atoms with Crippen molar-refractivity contribution in [3.63, 3.8) is 0 Å². The van der Waals surface area contributed by atoms with E-state index in [0.717, 1.165) is 19.3 Å². The summed E-state index contributed by atoms with van der Waals surface area (Å²) in [6, 6.07) is 0. The van der Waals surface area contributed by atoms with Gasteiger partial charge in [0.1, 0.15) is 0 Å². The lowest BCUT2D eigenvalue weighted by atomic mass is 9.98. The first kappa shape index (κ1) is 27.8. The molecule has 0 aromatic rings. The molecule has 0 radical (unpaired) electrons. The van der Waals surface area contributed by atoms with Crippen LogP contribution in [0.4, 0.5) is 0 Å². The van der Waals surface area contributed by atoms with Crippen molar-refractivity contribution < 1.29 is 18.9 Å². The van der Waals surface area contributed by atoms with Crippen LogP contribution < -0.4 is 0 Å². The van der Waals surface area contributed by atoms with Gasteiger partial charge in [-0.15, -0.1) is 6.58 Å². The van der Waals surface area contributed by atoms with E-state index in [-0.39, 0.29) is 5.92 Å². The van der Waals surface area contributed by atoms with Gasteiger partial charge in [-0.3, -0.25) is 0 Å². The van der Waals surface area contributed by atoms with Crippen molar-refractivity contribution in [3.8, 4) is 0 Å². The average Bonchev–Trinajstić information content (AvgIpc) is 2.64. The minimum absolute atomic E-state index is 0.100. The van der Waals surface area contributed by atoms with Crippen molar-refractivity contribution in [2.75, 3.05) is 33.5 Å². The van der Waals surface area contributed by atoms with E-state index in [2.05, 4.69) is 20.4 Å². The predicted molar refractivity (Wildman–Crippen MR) is 111 cm³/mol. The van der Waals surface area contributed by atoms with Crippen LogP contribution >= 0.6 is 0 Å². The Hall–Kier alpha value is -0.420. The first-order valence-electron chi connectivity index (χ1n) is 10.6. The molecule has 0 rings (SSSR count). The molecule has 0 aliphatic heterocycles. The molecule has 4 nitrogen and oxygen atoms in total. The first-order chi connectivity index (χ1) is 12.6. The minimum Gasteiger partial charge on any atom is -0.384 e. The minimum atomic E-state index is -0.961. The summed E-state index contributed by atoms with van der Waals surface area (Å²) in [5, 5.41) is 0. The lowest BCUT2D eigenvalue weighted by molar-refractivity contribution is -0.405. The Morgan fingerprint density at radius 2 is 1.27 bits per heavy atom. The molecule has 0 aliphatic carbocycles. The highest BCUT2D eigenvalue weighted by molar-refractivity contribution is 4.72. The molecule has 0 spiro atoms. The van der Waals surface area contributed by atoms with E-state index in [1.807, 2.05) is 26.8 Å². The summed E-state index contributed by atoms with van der Waals surface area (Å²) in [6.07, 6.45) is 11.6. The van der Waals surface area contributed by atoms with Crippen LogP contribution in [0, 0.1) is 5.92 Å². The lowest BCUT2D eigenvalue weighted by Crippen LogP contribution is -2.48. The summed E-state index contributed by atoms with van der Waals surface area (Å²) in [6.45, 7) is 16.0. The van der Waals surface area contributed by atoms with Gasteiger partial charge in [-0.05, 0) is 33.6 Å². The summed E-state index contributed by atoms with van der Waals surface area (Å²) < 4.78 is 23.1. The number of hydrogen-bond acceptors (Lipinski definition) is 4. The fourth-order valence-corrected chi connectivity index (χ4v) is 2.82. The van der Waals surface area contributed by atoms with E-state index < -0.39 is 5.97 Å². The maximum absolute atomic E-state index is 5.90. The van der Waals surface area contributed by atoms with Gasteiger partial charge < -0.3 is 18.9 Å². The van der Waals surface area contributed by atoms with Crippen LogP contribution in [0.25, 0.3) is 0 Å². The molecular formula is C22H46O4. The Morgan fingerprint density at radius 1 is 0.808 bits per heavy atom. The number of hydrogen-bond donors (Lipinski definition) is 0. The smallest absolute Gasteiger partial charge is 0.288 e. The van der Waals surface area contributed by atoms with Crippen LogP contribution in [0.2, 0.25) is 0 Å².